The van der Waals surface area contributed by atoms with E-state index in [1.165, 1.54) is 19.9 Å². The van der Waals surface area contributed by atoms with Gasteiger partial charge in [0.05, 0.1) is 5.52 Å². The smallest absolute Gasteiger partial charge is 0.348 e. The fraction of sp³-hybridized carbons (Fsp3) is 0.188. The molecule has 0 saturated carbocycles. The van der Waals surface area contributed by atoms with Crippen molar-refractivity contribution in [1.29, 1.82) is 0 Å². The number of pyridine rings is 1. The van der Waals surface area contributed by atoms with Crippen molar-refractivity contribution >= 4 is 28.9 Å². The Morgan fingerprint density at radius 3 is 2.43 bits per heavy atom. The fourth-order valence-electron chi connectivity index (χ4n) is 2.18. The van der Waals surface area contributed by atoms with E-state index in [2.05, 4.69) is 4.98 Å². The largest absolute Gasteiger partial charge is 0.419 e. The van der Waals surface area contributed by atoms with Crippen LogP contribution in [0.25, 0.3) is 17.0 Å². The number of ether oxygens (including phenoxy) is 2. The van der Waals surface area contributed by atoms with Crippen molar-refractivity contribution in [3.05, 3.63) is 47.7 Å². The number of rotatable bonds is 1. The average molecular weight is 283 g/mol. The zero-order valence-corrected chi connectivity index (χ0v) is 11.6. The molecule has 5 nitrogen and oxygen atoms in total. The molecule has 0 bridgehead atoms. The summed E-state index contributed by atoms with van der Waals surface area (Å²) in [5.41, 5.74) is 1.24. The average Bonchev–Trinajstić information content (AvgIpc) is 2.42. The summed E-state index contributed by atoms with van der Waals surface area (Å²) in [7, 11) is 0. The maximum absolute atomic E-state index is 11.9. The first kappa shape index (κ1) is 13.3. The van der Waals surface area contributed by atoms with E-state index in [1.54, 1.807) is 12.3 Å². The number of cyclic esters (lactones) is 2. The highest BCUT2D eigenvalue weighted by Crippen LogP contribution is 2.25. The topological polar surface area (TPSA) is 65.5 Å². The van der Waals surface area contributed by atoms with Crippen LogP contribution in [0.15, 0.2) is 42.1 Å². The lowest BCUT2D eigenvalue weighted by Crippen LogP contribution is -2.41. The standard InChI is InChI=1S/C16H13NO4/c1-16(2)20-14(18)12(15(19)21-16)9-11-6-3-5-10-7-4-8-17-13(10)11/h3-9H,1-2H3. The highest BCUT2D eigenvalue weighted by molar-refractivity contribution is 6.19. The molecular formula is C16H13NO4. The van der Waals surface area contributed by atoms with Gasteiger partial charge in [-0.2, -0.15) is 0 Å². The maximum atomic E-state index is 11.9. The molecule has 21 heavy (non-hydrogen) atoms. The Hall–Kier alpha value is -2.69. The van der Waals surface area contributed by atoms with Crippen LogP contribution in [-0.4, -0.2) is 22.7 Å². The van der Waals surface area contributed by atoms with Crippen LogP contribution in [0.2, 0.25) is 0 Å². The van der Waals surface area contributed by atoms with Gasteiger partial charge in [0, 0.05) is 31.0 Å². The minimum absolute atomic E-state index is 0.132. The van der Waals surface area contributed by atoms with Gasteiger partial charge >= 0.3 is 11.9 Å². The molecule has 1 fully saturated rings. The first-order valence-corrected chi connectivity index (χ1v) is 6.48. The molecule has 1 aromatic carbocycles. The van der Waals surface area contributed by atoms with Crippen molar-refractivity contribution in [1.82, 2.24) is 4.98 Å². The van der Waals surface area contributed by atoms with Gasteiger partial charge in [0.2, 0.25) is 0 Å². The normalized spacial score (nSPS) is 17.3. The lowest BCUT2D eigenvalue weighted by Gasteiger charge is -2.29. The van der Waals surface area contributed by atoms with Crippen LogP contribution in [-0.2, 0) is 19.1 Å². The van der Waals surface area contributed by atoms with Crippen LogP contribution < -0.4 is 0 Å². The van der Waals surface area contributed by atoms with E-state index in [0.717, 1.165) is 5.39 Å². The van der Waals surface area contributed by atoms with Gasteiger partial charge in [-0.15, -0.1) is 0 Å². The van der Waals surface area contributed by atoms with Crippen LogP contribution in [0.5, 0.6) is 0 Å². The number of aromatic nitrogens is 1. The monoisotopic (exact) mass is 283 g/mol. The number of fused-ring (bicyclic) bond motifs is 1. The first-order valence-electron chi connectivity index (χ1n) is 6.48. The Morgan fingerprint density at radius 2 is 1.71 bits per heavy atom. The molecule has 2 heterocycles. The van der Waals surface area contributed by atoms with Crippen LogP contribution in [0, 0.1) is 0 Å². The minimum Gasteiger partial charge on any atom is -0.419 e. The van der Waals surface area contributed by atoms with Crippen LogP contribution in [0.1, 0.15) is 19.4 Å². The number of nitrogens with zero attached hydrogens (tertiary/aromatic N) is 1. The molecule has 0 unspecified atom stereocenters. The third-order valence-electron chi connectivity index (χ3n) is 3.08. The van der Waals surface area contributed by atoms with Crippen molar-refractivity contribution in [3.8, 4) is 0 Å². The zero-order chi connectivity index (χ0) is 15.0. The van der Waals surface area contributed by atoms with Crippen molar-refractivity contribution in [2.75, 3.05) is 0 Å². The van der Waals surface area contributed by atoms with Crippen molar-refractivity contribution in [2.24, 2.45) is 0 Å². The Kier molecular flexibility index (Phi) is 2.97. The summed E-state index contributed by atoms with van der Waals surface area (Å²) in [6.45, 7) is 3.03. The van der Waals surface area contributed by atoms with Gasteiger partial charge in [-0.05, 0) is 12.1 Å². The molecule has 0 aliphatic carbocycles. The molecule has 2 aromatic rings. The molecule has 3 rings (SSSR count). The first-order chi connectivity index (χ1) is 9.96. The molecule has 0 spiro atoms. The lowest BCUT2D eigenvalue weighted by molar-refractivity contribution is -0.222. The summed E-state index contributed by atoms with van der Waals surface area (Å²) in [5, 5.41) is 0.921. The summed E-state index contributed by atoms with van der Waals surface area (Å²) in [6, 6.07) is 9.25. The number of hydrogen-bond donors (Lipinski definition) is 0. The summed E-state index contributed by atoms with van der Waals surface area (Å²) in [6.07, 6.45) is 3.11. The second-order valence-electron chi connectivity index (χ2n) is 5.16. The summed E-state index contributed by atoms with van der Waals surface area (Å²) in [4.78, 5) is 28.2. The van der Waals surface area contributed by atoms with Crippen LogP contribution >= 0.6 is 0 Å². The van der Waals surface area contributed by atoms with Gasteiger partial charge in [0.1, 0.15) is 5.57 Å². The van der Waals surface area contributed by atoms with Crippen molar-refractivity contribution in [2.45, 2.75) is 19.6 Å². The molecular weight excluding hydrogens is 270 g/mol. The number of benzene rings is 1. The predicted octanol–water partition coefficient (Wildman–Crippen LogP) is 2.45. The van der Waals surface area contributed by atoms with Crippen molar-refractivity contribution < 1.29 is 19.1 Å². The molecule has 5 heteroatoms. The summed E-state index contributed by atoms with van der Waals surface area (Å²) < 4.78 is 10.1. The Bertz CT molecular complexity index is 749. The van der Waals surface area contributed by atoms with E-state index in [-0.39, 0.29) is 5.57 Å². The second-order valence-corrected chi connectivity index (χ2v) is 5.16. The lowest BCUT2D eigenvalue weighted by atomic mass is 10.1. The van der Waals surface area contributed by atoms with E-state index in [0.29, 0.717) is 11.1 Å². The molecule has 1 saturated heterocycles. The number of hydrogen-bond acceptors (Lipinski definition) is 5. The molecule has 0 radical (unpaired) electrons. The second kappa shape index (κ2) is 4.70. The third kappa shape index (κ3) is 2.50. The summed E-state index contributed by atoms with van der Waals surface area (Å²) >= 11 is 0. The molecule has 0 atom stereocenters. The van der Waals surface area contributed by atoms with Gasteiger partial charge in [0.25, 0.3) is 5.79 Å². The molecule has 0 N–H and O–H groups in total. The van der Waals surface area contributed by atoms with Gasteiger partial charge in [-0.25, -0.2) is 9.59 Å². The third-order valence-corrected chi connectivity index (χ3v) is 3.08. The minimum atomic E-state index is -1.23. The number of para-hydroxylation sites is 1. The SMILES string of the molecule is CC1(C)OC(=O)C(=Cc2cccc3cccnc23)C(=O)O1. The number of carbonyl (C=O) groups is 2. The maximum Gasteiger partial charge on any atom is 0.348 e. The molecule has 1 aromatic heterocycles. The van der Waals surface area contributed by atoms with Crippen molar-refractivity contribution in [3.63, 3.8) is 0 Å². The van der Waals surface area contributed by atoms with E-state index >= 15 is 0 Å². The van der Waals surface area contributed by atoms with E-state index in [9.17, 15) is 9.59 Å². The highest BCUT2D eigenvalue weighted by atomic mass is 16.7. The Balaban J connectivity index is 2.08. The Morgan fingerprint density at radius 1 is 1.05 bits per heavy atom. The molecule has 0 amide bonds. The van der Waals surface area contributed by atoms with Gasteiger partial charge in [0.15, 0.2) is 0 Å². The van der Waals surface area contributed by atoms with E-state index in [4.69, 9.17) is 9.47 Å². The fourth-order valence-corrected chi connectivity index (χ4v) is 2.18. The quantitative estimate of drug-likeness (QED) is 0.457. The molecule has 1 aliphatic rings. The van der Waals surface area contributed by atoms with E-state index < -0.39 is 17.7 Å². The van der Waals surface area contributed by atoms with Gasteiger partial charge in [-0.1, -0.05) is 24.3 Å². The van der Waals surface area contributed by atoms with E-state index in [1.807, 2.05) is 24.3 Å². The highest BCUT2D eigenvalue weighted by Gasteiger charge is 2.38. The Labute approximate surface area is 121 Å². The number of esters is 2. The van der Waals surface area contributed by atoms with Gasteiger partial charge < -0.3 is 9.47 Å². The van der Waals surface area contributed by atoms with Crippen LogP contribution in [0.3, 0.4) is 0 Å². The number of carbonyl (C=O) groups excluding carboxylic acids is 2. The molecule has 106 valence electrons. The van der Waals surface area contributed by atoms with Gasteiger partial charge in [-0.3, -0.25) is 4.98 Å². The van der Waals surface area contributed by atoms with Crippen LogP contribution in [0.4, 0.5) is 0 Å². The predicted molar refractivity (Wildman–Crippen MR) is 76.0 cm³/mol. The zero-order valence-electron chi connectivity index (χ0n) is 11.6. The molecule has 1 aliphatic heterocycles. The summed E-state index contributed by atoms with van der Waals surface area (Å²) in [5.74, 6) is -2.61.